The summed E-state index contributed by atoms with van der Waals surface area (Å²) in [5, 5.41) is 4.09. The molecule has 3 rings (SSSR count). The van der Waals surface area contributed by atoms with E-state index < -0.39 is 0 Å². The molecule has 0 unspecified atom stereocenters. The lowest BCUT2D eigenvalue weighted by molar-refractivity contribution is 0.630. The zero-order chi connectivity index (χ0) is 13.1. The van der Waals surface area contributed by atoms with E-state index in [2.05, 4.69) is 15.3 Å². The minimum atomic E-state index is -0.223. The summed E-state index contributed by atoms with van der Waals surface area (Å²) >= 11 is 1.47. The van der Waals surface area contributed by atoms with Crippen LogP contribution in [0.3, 0.4) is 0 Å². The van der Waals surface area contributed by atoms with Crippen LogP contribution in [0.25, 0.3) is 10.2 Å². The fraction of sp³-hybridized carbons (Fsp3) is 0.143. The Morgan fingerprint density at radius 1 is 1.16 bits per heavy atom. The predicted octanol–water partition coefficient (Wildman–Crippen LogP) is 3.49. The van der Waals surface area contributed by atoms with Crippen LogP contribution in [0.5, 0.6) is 0 Å². The quantitative estimate of drug-likeness (QED) is 0.790. The number of benzene rings is 1. The number of anilines is 1. The third kappa shape index (κ3) is 2.88. The number of hydrogen-bond donors (Lipinski definition) is 1. The third-order valence-electron chi connectivity index (χ3n) is 2.79. The summed E-state index contributed by atoms with van der Waals surface area (Å²) in [6.07, 6.45) is 4.48. The summed E-state index contributed by atoms with van der Waals surface area (Å²) in [6.45, 7) is 0.798. The molecule has 3 aromatic rings. The number of rotatable bonds is 4. The van der Waals surface area contributed by atoms with Crippen molar-refractivity contribution in [2.75, 3.05) is 11.9 Å². The molecule has 3 nitrogen and oxygen atoms in total. The van der Waals surface area contributed by atoms with E-state index in [9.17, 15) is 4.39 Å². The van der Waals surface area contributed by atoms with E-state index in [-0.39, 0.29) is 5.82 Å². The Morgan fingerprint density at radius 2 is 2.00 bits per heavy atom. The Bertz CT molecular complexity index is 681. The molecule has 1 N–H and O–H groups in total. The fourth-order valence-corrected chi connectivity index (χ4v) is 2.75. The van der Waals surface area contributed by atoms with Crippen LogP contribution in [0.1, 0.15) is 5.56 Å². The zero-order valence-electron chi connectivity index (χ0n) is 10.1. The van der Waals surface area contributed by atoms with E-state index in [1.807, 2.05) is 12.1 Å². The Kier molecular flexibility index (Phi) is 3.37. The molecule has 0 amide bonds. The van der Waals surface area contributed by atoms with Crippen molar-refractivity contribution >= 4 is 26.7 Å². The number of nitrogens with zero attached hydrogens (tertiary/aromatic N) is 2. The third-order valence-corrected chi connectivity index (χ3v) is 3.77. The van der Waals surface area contributed by atoms with Crippen LogP contribution < -0.4 is 5.32 Å². The van der Waals surface area contributed by atoms with E-state index in [0.29, 0.717) is 0 Å². The van der Waals surface area contributed by atoms with Crippen LogP contribution in [-0.2, 0) is 6.42 Å². The van der Waals surface area contributed by atoms with E-state index in [1.54, 1.807) is 18.5 Å². The van der Waals surface area contributed by atoms with Gasteiger partial charge in [0.1, 0.15) is 5.82 Å². The van der Waals surface area contributed by atoms with Crippen molar-refractivity contribution in [2.45, 2.75) is 6.42 Å². The van der Waals surface area contributed by atoms with Gasteiger partial charge in [-0.05, 0) is 42.3 Å². The highest BCUT2D eigenvalue weighted by molar-refractivity contribution is 7.22. The number of hydrogen-bond acceptors (Lipinski definition) is 4. The molecule has 96 valence electrons. The van der Waals surface area contributed by atoms with Gasteiger partial charge < -0.3 is 5.32 Å². The molecule has 2 heterocycles. The number of fused-ring (bicyclic) bond motifs is 1. The first-order chi connectivity index (χ1) is 9.31. The summed E-state index contributed by atoms with van der Waals surface area (Å²) in [4.78, 5) is 8.40. The normalized spacial score (nSPS) is 10.8. The van der Waals surface area contributed by atoms with Crippen molar-refractivity contribution in [3.05, 3.63) is 54.1 Å². The number of halogens is 1. The van der Waals surface area contributed by atoms with Gasteiger partial charge in [0.15, 0.2) is 5.13 Å². The first kappa shape index (κ1) is 12.0. The lowest BCUT2D eigenvalue weighted by atomic mass is 10.2. The molecule has 19 heavy (non-hydrogen) atoms. The topological polar surface area (TPSA) is 37.8 Å². The molecule has 2 aromatic heterocycles. The van der Waals surface area contributed by atoms with Crippen molar-refractivity contribution in [3.63, 3.8) is 0 Å². The molecule has 0 spiro atoms. The van der Waals surface area contributed by atoms with Gasteiger partial charge in [-0.1, -0.05) is 11.3 Å². The zero-order valence-corrected chi connectivity index (χ0v) is 11.0. The minimum absolute atomic E-state index is 0.223. The van der Waals surface area contributed by atoms with Crippen LogP contribution >= 0.6 is 11.3 Å². The van der Waals surface area contributed by atoms with E-state index >= 15 is 0 Å². The first-order valence-corrected chi connectivity index (χ1v) is 6.82. The van der Waals surface area contributed by atoms with Gasteiger partial charge in [-0.2, -0.15) is 0 Å². The summed E-state index contributed by atoms with van der Waals surface area (Å²) in [5.41, 5.74) is 2.06. The smallest absolute Gasteiger partial charge is 0.183 e. The molecule has 1 aromatic carbocycles. The van der Waals surface area contributed by atoms with Gasteiger partial charge in [0.05, 0.1) is 10.2 Å². The van der Waals surface area contributed by atoms with Crippen LogP contribution in [0, 0.1) is 5.82 Å². The van der Waals surface area contributed by atoms with Crippen LogP contribution in [-0.4, -0.2) is 16.5 Å². The lowest BCUT2D eigenvalue weighted by Gasteiger charge is -2.01. The minimum Gasteiger partial charge on any atom is -0.361 e. The van der Waals surface area contributed by atoms with Gasteiger partial charge in [0.2, 0.25) is 0 Å². The maximum atomic E-state index is 13.1. The molecule has 0 saturated carbocycles. The van der Waals surface area contributed by atoms with Crippen LogP contribution in [0.15, 0.2) is 42.7 Å². The highest BCUT2D eigenvalue weighted by Gasteiger charge is 2.04. The number of nitrogens with one attached hydrogen (secondary N) is 1. The summed E-state index contributed by atoms with van der Waals surface area (Å²) in [5.74, 6) is -0.223. The summed E-state index contributed by atoms with van der Waals surface area (Å²) in [7, 11) is 0. The highest BCUT2D eigenvalue weighted by atomic mass is 32.1. The summed E-state index contributed by atoms with van der Waals surface area (Å²) in [6, 6.07) is 8.64. The summed E-state index contributed by atoms with van der Waals surface area (Å²) < 4.78 is 13.9. The molecule has 0 aliphatic carbocycles. The van der Waals surface area contributed by atoms with E-state index in [0.717, 1.165) is 28.3 Å². The molecule has 0 aliphatic heterocycles. The molecule has 0 fully saturated rings. The second-order valence-electron chi connectivity index (χ2n) is 4.16. The van der Waals surface area contributed by atoms with Gasteiger partial charge in [0.25, 0.3) is 0 Å². The van der Waals surface area contributed by atoms with E-state index in [4.69, 9.17) is 0 Å². The Labute approximate surface area is 114 Å². The van der Waals surface area contributed by atoms with Crippen molar-refractivity contribution in [3.8, 4) is 0 Å². The van der Waals surface area contributed by atoms with Gasteiger partial charge >= 0.3 is 0 Å². The Balaban J connectivity index is 1.65. The molecule has 0 bridgehead atoms. The second-order valence-corrected chi connectivity index (χ2v) is 5.19. The average molecular weight is 273 g/mol. The molecule has 5 heteroatoms. The van der Waals surface area contributed by atoms with Crippen LogP contribution in [0.2, 0.25) is 0 Å². The average Bonchev–Trinajstić information content (AvgIpc) is 2.82. The molecule has 0 radical (unpaired) electrons. The SMILES string of the molecule is Fc1ccc2nc(NCCc3ccncc3)sc2c1. The largest absolute Gasteiger partial charge is 0.361 e. The molecule has 0 atom stereocenters. The van der Waals surface area contributed by atoms with E-state index in [1.165, 1.54) is 29.0 Å². The maximum Gasteiger partial charge on any atom is 0.183 e. The Hall–Kier alpha value is -2.01. The standard InChI is InChI=1S/C14H12FN3S/c15-11-1-2-12-13(9-11)19-14(18-12)17-8-5-10-3-6-16-7-4-10/h1-4,6-7,9H,5,8H2,(H,17,18). The monoisotopic (exact) mass is 273 g/mol. The van der Waals surface area contributed by atoms with Crippen molar-refractivity contribution in [2.24, 2.45) is 0 Å². The van der Waals surface area contributed by atoms with Gasteiger partial charge in [-0.15, -0.1) is 0 Å². The maximum absolute atomic E-state index is 13.1. The second kappa shape index (κ2) is 5.32. The fourth-order valence-electron chi connectivity index (χ4n) is 1.84. The predicted molar refractivity (Wildman–Crippen MR) is 76.0 cm³/mol. The highest BCUT2D eigenvalue weighted by Crippen LogP contribution is 2.26. The van der Waals surface area contributed by atoms with Gasteiger partial charge in [-0.25, -0.2) is 9.37 Å². The molecular formula is C14H12FN3S. The molecular weight excluding hydrogens is 261 g/mol. The van der Waals surface area contributed by atoms with Crippen molar-refractivity contribution in [1.29, 1.82) is 0 Å². The van der Waals surface area contributed by atoms with Crippen LogP contribution in [0.4, 0.5) is 9.52 Å². The number of thiazole rings is 1. The number of aromatic nitrogens is 2. The first-order valence-electron chi connectivity index (χ1n) is 6.00. The molecule has 0 saturated heterocycles. The Morgan fingerprint density at radius 3 is 2.84 bits per heavy atom. The van der Waals surface area contributed by atoms with Gasteiger partial charge in [0, 0.05) is 18.9 Å². The van der Waals surface area contributed by atoms with Gasteiger partial charge in [-0.3, -0.25) is 4.98 Å². The molecule has 0 aliphatic rings. The van der Waals surface area contributed by atoms with Crippen molar-refractivity contribution in [1.82, 2.24) is 9.97 Å². The lowest BCUT2D eigenvalue weighted by Crippen LogP contribution is -2.04. The van der Waals surface area contributed by atoms with Crippen molar-refractivity contribution < 1.29 is 4.39 Å². The number of pyridine rings is 1.